The van der Waals surface area contributed by atoms with Gasteiger partial charge in [0, 0.05) is 35.8 Å². The second-order valence-corrected chi connectivity index (χ2v) is 9.00. The fraction of sp³-hybridized carbons (Fsp3) is 0.250. The van der Waals surface area contributed by atoms with Gasteiger partial charge in [-0.1, -0.05) is 18.2 Å². The topological polar surface area (TPSA) is 58.6 Å². The smallest absolute Gasteiger partial charge is 0.339 e. The number of nitrogens with zero attached hydrogens (tertiary/aromatic N) is 1. The molecule has 1 N–H and O–H groups in total. The van der Waals surface area contributed by atoms with E-state index in [4.69, 9.17) is 4.74 Å². The van der Waals surface area contributed by atoms with Crippen LogP contribution in [0.25, 0.3) is 0 Å². The van der Waals surface area contributed by atoms with Crippen LogP contribution in [0.5, 0.6) is 0 Å². The SMILES string of the molecule is CC1(C(=O)Nc2ccc(N3CCc4sccc4C3)cc2)Cc2ccccc2C(=O)O1. The van der Waals surface area contributed by atoms with Crippen molar-refractivity contribution in [1.82, 2.24) is 0 Å². The Morgan fingerprint density at radius 2 is 1.90 bits per heavy atom. The molecule has 0 fully saturated rings. The standard InChI is InChI=1S/C24H22N2O3S/c1-24(14-16-4-2-3-5-20(16)22(27)29-24)23(28)25-18-6-8-19(9-7-18)26-12-10-21-17(15-26)11-13-30-21/h2-9,11,13H,10,12,14-15H2,1H3,(H,25,28). The monoisotopic (exact) mass is 418 g/mol. The van der Waals surface area contributed by atoms with Crippen molar-refractivity contribution in [2.45, 2.75) is 31.9 Å². The molecule has 1 aromatic heterocycles. The number of nitrogens with one attached hydrogen (secondary N) is 1. The van der Waals surface area contributed by atoms with E-state index in [2.05, 4.69) is 21.7 Å². The molecule has 2 aliphatic heterocycles. The highest BCUT2D eigenvalue weighted by atomic mass is 32.1. The Morgan fingerprint density at radius 1 is 1.10 bits per heavy atom. The number of cyclic esters (lactones) is 1. The zero-order valence-electron chi connectivity index (χ0n) is 16.7. The van der Waals surface area contributed by atoms with Gasteiger partial charge in [0.05, 0.1) is 5.56 Å². The molecule has 3 heterocycles. The third-order valence-corrected chi connectivity index (χ3v) is 6.88. The zero-order valence-corrected chi connectivity index (χ0v) is 17.5. The van der Waals surface area contributed by atoms with E-state index in [0.29, 0.717) is 17.7 Å². The lowest BCUT2D eigenvalue weighted by Gasteiger charge is -2.33. The van der Waals surface area contributed by atoms with Crippen molar-refractivity contribution in [1.29, 1.82) is 0 Å². The number of carbonyl (C=O) groups is 2. The second-order valence-electron chi connectivity index (χ2n) is 8.00. The number of hydrogen-bond donors (Lipinski definition) is 1. The van der Waals surface area contributed by atoms with E-state index in [1.807, 2.05) is 47.7 Å². The van der Waals surface area contributed by atoms with Crippen LogP contribution in [0.1, 0.15) is 33.3 Å². The van der Waals surface area contributed by atoms with Crippen molar-refractivity contribution >= 4 is 34.6 Å². The molecule has 1 amide bonds. The van der Waals surface area contributed by atoms with Crippen LogP contribution in [0.15, 0.2) is 60.0 Å². The normalized spacial score (nSPS) is 20.2. The lowest BCUT2D eigenvalue weighted by atomic mass is 9.89. The summed E-state index contributed by atoms with van der Waals surface area (Å²) >= 11 is 1.83. The Balaban J connectivity index is 1.28. The second kappa shape index (κ2) is 7.29. The average molecular weight is 419 g/mol. The van der Waals surface area contributed by atoms with E-state index in [-0.39, 0.29) is 5.91 Å². The maximum atomic E-state index is 12.9. The molecule has 2 aromatic carbocycles. The van der Waals surface area contributed by atoms with Crippen LogP contribution in [0.2, 0.25) is 0 Å². The van der Waals surface area contributed by atoms with Gasteiger partial charge in [0.15, 0.2) is 5.60 Å². The Hall–Kier alpha value is -3.12. The number of carbonyl (C=O) groups excluding carboxylic acids is 2. The quantitative estimate of drug-likeness (QED) is 0.640. The first kappa shape index (κ1) is 18.9. The minimum absolute atomic E-state index is 0.320. The summed E-state index contributed by atoms with van der Waals surface area (Å²) < 4.78 is 5.52. The molecule has 0 aliphatic carbocycles. The molecule has 5 rings (SSSR count). The maximum Gasteiger partial charge on any atom is 0.339 e. The number of amides is 1. The van der Waals surface area contributed by atoms with Gasteiger partial charge in [-0.05, 0) is 66.2 Å². The molecule has 0 saturated heterocycles. The third kappa shape index (κ3) is 3.37. The van der Waals surface area contributed by atoms with E-state index in [0.717, 1.165) is 30.8 Å². The van der Waals surface area contributed by atoms with Gasteiger partial charge in [0.25, 0.3) is 5.91 Å². The highest BCUT2D eigenvalue weighted by Gasteiger charge is 2.42. The summed E-state index contributed by atoms with van der Waals surface area (Å²) in [5.74, 6) is -0.776. The van der Waals surface area contributed by atoms with Crippen molar-refractivity contribution in [2.24, 2.45) is 0 Å². The molecule has 1 atom stereocenters. The first-order chi connectivity index (χ1) is 14.5. The average Bonchev–Trinajstić information content (AvgIpc) is 3.22. The number of fused-ring (bicyclic) bond motifs is 2. The molecule has 152 valence electrons. The fourth-order valence-electron chi connectivity index (χ4n) is 4.15. The molecule has 3 aromatic rings. The number of anilines is 2. The first-order valence-electron chi connectivity index (χ1n) is 10.0. The summed E-state index contributed by atoms with van der Waals surface area (Å²) in [6, 6.07) is 17.3. The predicted octanol–water partition coefficient (Wildman–Crippen LogP) is 4.42. The first-order valence-corrected chi connectivity index (χ1v) is 10.9. The summed E-state index contributed by atoms with van der Waals surface area (Å²) in [5.41, 5.74) is 3.35. The number of ether oxygens (including phenoxy) is 1. The van der Waals surface area contributed by atoms with E-state index < -0.39 is 11.6 Å². The van der Waals surface area contributed by atoms with Gasteiger partial charge in [0.2, 0.25) is 0 Å². The molecule has 6 heteroatoms. The van der Waals surface area contributed by atoms with Crippen LogP contribution in [0.3, 0.4) is 0 Å². The Morgan fingerprint density at radius 3 is 2.73 bits per heavy atom. The third-order valence-electron chi connectivity index (χ3n) is 5.86. The van der Waals surface area contributed by atoms with Crippen molar-refractivity contribution in [3.8, 4) is 0 Å². The van der Waals surface area contributed by atoms with Gasteiger partial charge in [-0.3, -0.25) is 4.79 Å². The van der Waals surface area contributed by atoms with Crippen molar-refractivity contribution in [3.05, 3.63) is 81.5 Å². The van der Waals surface area contributed by atoms with Gasteiger partial charge >= 0.3 is 5.97 Å². The molecular weight excluding hydrogens is 396 g/mol. The highest BCUT2D eigenvalue weighted by molar-refractivity contribution is 7.10. The Bertz CT molecular complexity index is 1120. The van der Waals surface area contributed by atoms with Gasteiger partial charge in [0.1, 0.15) is 0 Å². The summed E-state index contributed by atoms with van der Waals surface area (Å²) in [4.78, 5) is 29.1. The lowest BCUT2D eigenvalue weighted by Crippen LogP contribution is -2.48. The van der Waals surface area contributed by atoms with Crippen LogP contribution >= 0.6 is 11.3 Å². The van der Waals surface area contributed by atoms with Gasteiger partial charge in [-0.2, -0.15) is 0 Å². The minimum atomic E-state index is -1.23. The molecule has 5 nitrogen and oxygen atoms in total. The molecule has 1 unspecified atom stereocenters. The minimum Gasteiger partial charge on any atom is -0.445 e. The van der Waals surface area contributed by atoms with Gasteiger partial charge in [-0.25, -0.2) is 4.79 Å². The van der Waals surface area contributed by atoms with Crippen molar-refractivity contribution in [3.63, 3.8) is 0 Å². The molecule has 0 bridgehead atoms. The maximum absolute atomic E-state index is 12.9. The van der Waals surface area contributed by atoms with Crippen molar-refractivity contribution < 1.29 is 14.3 Å². The zero-order chi connectivity index (χ0) is 20.7. The fourth-order valence-corrected chi connectivity index (χ4v) is 5.04. The Labute approximate surface area is 179 Å². The van der Waals surface area contributed by atoms with Crippen LogP contribution < -0.4 is 10.2 Å². The van der Waals surface area contributed by atoms with Gasteiger partial charge < -0.3 is 15.0 Å². The summed E-state index contributed by atoms with van der Waals surface area (Å²) in [6.07, 6.45) is 1.42. The van der Waals surface area contributed by atoms with E-state index in [1.54, 1.807) is 19.1 Å². The van der Waals surface area contributed by atoms with E-state index in [9.17, 15) is 9.59 Å². The number of thiophene rings is 1. The predicted molar refractivity (Wildman–Crippen MR) is 118 cm³/mol. The molecule has 2 aliphatic rings. The molecular formula is C24H22N2O3S. The molecule has 0 radical (unpaired) electrons. The van der Waals surface area contributed by atoms with Gasteiger partial charge in [-0.15, -0.1) is 11.3 Å². The van der Waals surface area contributed by atoms with Crippen LogP contribution in [0.4, 0.5) is 11.4 Å². The molecule has 0 spiro atoms. The molecule has 30 heavy (non-hydrogen) atoms. The van der Waals surface area contributed by atoms with Crippen molar-refractivity contribution in [2.75, 3.05) is 16.8 Å². The van der Waals surface area contributed by atoms with Crippen LogP contribution in [-0.4, -0.2) is 24.0 Å². The van der Waals surface area contributed by atoms with E-state index in [1.165, 1.54) is 10.4 Å². The lowest BCUT2D eigenvalue weighted by molar-refractivity contribution is -0.134. The van der Waals surface area contributed by atoms with Crippen LogP contribution in [0, 0.1) is 0 Å². The largest absolute Gasteiger partial charge is 0.445 e. The number of benzene rings is 2. The summed E-state index contributed by atoms with van der Waals surface area (Å²) in [5, 5.41) is 5.07. The van der Waals surface area contributed by atoms with Crippen LogP contribution in [-0.2, 0) is 28.9 Å². The highest BCUT2D eigenvalue weighted by Crippen LogP contribution is 2.31. The number of esters is 1. The number of rotatable bonds is 3. The Kier molecular flexibility index (Phi) is 4.59. The summed E-state index contributed by atoms with van der Waals surface area (Å²) in [6.45, 7) is 3.57. The number of hydrogen-bond acceptors (Lipinski definition) is 5. The summed E-state index contributed by atoms with van der Waals surface area (Å²) in [7, 11) is 0. The molecule has 0 saturated carbocycles. The van der Waals surface area contributed by atoms with E-state index >= 15 is 0 Å².